The van der Waals surface area contributed by atoms with Gasteiger partial charge in [0.15, 0.2) is 5.82 Å². The van der Waals surface area contributed by atoms with E-state index in [0.717, 1.165) is 40.1 Å². The zero-order chi connectivity index (χ0) is 17.3. The zero-order valence-electron chi connectivity index (χ0n) is 14.5. The van der Waals surface area contributed by atoms with E-state index < -0.39 is 0 Å². The Bertz CT molecular complexity index is 1210. The minimum Gasteiger partial charge on any atom is -0.318 e. The largest absolute Gasteiger partial charge is 0.318 e. The Morgan fingerprint density at radius 1 is 0.667 bits per heavy atom. The highest BCUT2D eigenvalue weighted by Gasteiger charge is 2.14. The second-order valence-corrected chi connectivity index (χ2v) is 6.24. The average Bonchev–Trinajstić information content (AvgIpc) is 3.07. The lowest BCUT2D eigenvalue weighted by atomic mass is 10.2. The molecule has 0 unspecified atom stereocenters. The van der Waals surface area contributed by atoms with E-state index in [0.29, 0.717) is 0 Å². The third-order valence-electron chi connectivity index (χ3n) is 4.52. The van der Waals surface area contributed by atoms with E-state index in [1.807, 2.05) is 54.7 Å². The number of imidazole rings is 1. The van der Waals surface area contributed by atoms with E-state index >= 15 is 0 Å². The van der Waals surface area contributed by atoms with Crippen LogP contribution >= 0.6 is 24.0 Å². The number of nitrogens with zero attached hydrogens (tertiary/aromatic N) is 4. The number of hydrogen-bond donors (Lipinski definition) is 0. The van der Waals surface area contributed by atoms with Crippen LogP contribution in [-0.4, -0.2) is 19.5 Å². The van der Waals surface area contributed by atoms with E-state index in [4.69, 9.17) is 9.97 Å². The van der Waals surface area contributed by atoms with Gasteiger partial charge in [-0.05, 0) is 29.8 Å². The van der Waals surface area contributed by atoms with Crippen LogP contribution < -0.4 is 0 Å². The number of hydrogen-bond acceptors (Lipinski definition) is 3. The molecule has 0 aliphatic heterocycles. The molecular weight excluding hydrogens is 447 g/mol. The van der Waals surface area contributed by atoms with Crippen LogP contribution in [0, 0.1) is 0 Å². The molecule has 2 heterocycles. The van der Waals surface area contributed by atoms with Gasteiger partial charge in [0.2, 0.25) is 0 Å². The van der Waals surface area contributed by atoms with Crippen molar-refractivity contribution < 1.29 is 0 Å². The van der Waals surface area contributed by atoms with Gasteiger partial charge in [-0.25, -0.2) is 9.97 Å². The lowest BCUT2D eigenvalue weighted by molar-refractivity contribution is 0.830. The molecule has 0 aliphatic carbocycles. The standard InChI is InChI=1S/C22H16N4.HI/c1-2-8-16(9-3-1)15-26-21-13-7-6-12-19(21)25-22(26)20-14-23-17-10-4-5-11-18(17)24-20;/h1-14H,15H2;1H. The van der Waals surface area contributed by atoms with E-state index in [2.05, 4.69) is 39.9 Å². The van der Waals surface area contributed by atoms with Crippen LogP contribution in [-0.2, 0) is 6.54 Å². The molecule has 0 atom stereocenters. The van der Waals surface area contributed by atoms with Gasteiger partial charge in [-0.15, -0.1) is 24.0 Å². The molecule has 0 radical (unpaired) electrons. The van der Waals surface area contributed by atoms with Crippen molar-refractivity contribution in [2.75, 3.05) is 0 Å². The van der Waals surface area contributed by atoms with Crippen molar-refractivity contribution in [3.8, 4) is 11.5 Å². The van der Waals surface area contributed by atoms with E-state index in [1.54, 1.807) is 0 Å². The summed E-state index contributed by atoms with van der Waals surface area (Å²) in [6.45, 7) is 0.741. The topological polar surface area (TPSA) is 43.6 Å². The van der Waals surface area contributed by atoms with Gasteiger partial charge in [0.1, 0.15) is 5.69 Å². The second kappa shape index (κ2) is 7.44. The Balaban J connectivity index is 0.00000180. The van der Waals surface area contributed by atoms with E-state index in [9.17, 15) is 0 Å². The maximum absolute atomic E-state index is 4.85. The number of benzene rings is 3. The molecule has 0 saturated heterocycles. The van der Waals surface area contributed by atoms with Gasteiger partial charge in [0.05, 0.1) is 28.3 Å². The van der Waals surface area contributed by atoms with Gasteiger partial charge in [-0.3, -0.25) is 4.98 Å². The summed E-state index contributed by atoms with van der Waals surface area (Å²) in [5.41, 5.74) is 5.85. The third kappa shape index (κ3) is 3.30. The van der Waals surface area contributed by atoms with Gasteiger partial charge >= 0.3 is 0 Å². The summed E-state index contributed by atoms with van der Waals surface area (Å²) in [6.07, 6.45) is 1.81. The molecular formula is C22H17IN4. The molecule has 0 amide bonds. The summed E-state index contributed by atoms with van der Waals surface area (Å²) in [7, 11) is 0. The van der Waals surface area contributed by atoms with Crippen molar-refractivity contribution in [2.45, 2.75) is 6.54 Å². The van der Waals surface area contributed by atoms with Crippen LogP contribution in [0.3, 0.4) is 0 Å². The number of rotatable bonds is 3. The van der Waals surface area contributed by atoms with Crippen molar-refractivity contribution in [1.29, 1.82) is 0 Å². The molecule has 5 rings (SSSR count). The first-order chi connectivity index (χ1) is 12.9. The fourth-order valence-corrected chi connectivity index (χ4v) is 3.26. The van der Waals surface area contributed by atoms with Gasteiger partial charge in [-0.1, -0.05) is 54.6 Å². The maximum atomic E-state index is 4.85. The summed E-state index contributed by atoms with van der Waals surface area (Å²) in [5.74, 6) is 0.841. The summed E-state index contributed by atoms with van der Waals surface area (Å²) >= 11 is 0. The van der Waals surface area contributed by atoms with Gasteiger partial charge in [0.25, 0.3) is 0 Å². The molecule has 0 saturated carbocycles. The highest BCUT2D eigenvalue weighted by Crippen LogP contribution is 2.25. The predicted octanol–water partition coefficient (Wildman–Crippen LogP) is 5.31. The van der Waals surface area contributed by atoms with Crippen molar-refractivity contribution in [2.24, 2.45) is 0 Å². The smallest absolute Gasteiger partial charge is 0.161 e. The molecule has 0 fully saturated rings. The van der Waals surface area contributed by atoms with Crippen LogP contribution in [0.1, 0.15) is 5.56 Å². The molecule has 5 aromatic rings. The second-order valence-electron chi connectivity index (χ2n) is 6.24. The quantitative estimate of drug-likeness (QED) is 0.340. The normalized spacial score (nSPS) is 10.8. The monoisotopic (exact) mass is 464 g/mol. The van der Waals surface area contributed by atoms with Crippen molar-refractivity contribution >= 4 is 46.0 Å². The van der Waals surface area contributed by atoms with Gasteiger partial charge in [-0.2, -0.15) is 0 Å². The highest BCUT2D eigenvalue weighted by atomic mass is 127. The van der Waals surface area contributed by atoms with E-state index in [-0.39, 0.29) is 24.0 Å². The Hall–Kier alpha value is -2.80. The first-order valence-electron chi connectivity index (χ1n) is 8.60. The summed E-state index contributed by atoms with van der Waals surface area (Å²) < 4.78 is 2.21. The molecule has 0 aliphatic rings. The molecule has 4 nitrogen and oxygen atoms in total. The lowest BCUT2D eigenvalue weighted by Gasteiger charge is -2.09. The Morgan fingerprint density at radius 2 is 1.33 bits per heavy atom. The molecule has 0 spiro atoms. The zero-order valence-corrected chi connectivity index (χ0v) is 16.8. The van der Waals surface area contributed by atoms with Crippen molar-refractivity contribution in [3.05, 3.63) is 90.6 Å². The van der Waals surface area contributed by atoms with Gasteiger partial charge in [0, 0.05) is 6.54 Å². The van der Waals surface area contributed by atoms with Crippen LogP contribution in [0.2, 0.25) is 0 Å². The van der Waals surface area contributed by atoms with Crippen molar-refractivity contribution in [1.82, 2.24) is 19.5 Å². The van der Waals surface area contributed by atoms with Crippen LogP contribution in [0.4, 0.5) is 0 Å². The summed E-state index contributed by atoms with van der Waals surface area (Å²) in [6, 6.07) is 26.5. The molecule has 0 bridgehead atoms. The number of aromatic nitrogens is 4. The number of para-hydroxylation sites is 4. The molecule has 132 valence electrons. The fraction of sp³-hybridized carbons (Fsp3) is 0.0455. The molecule has 0 N–H and O–H groups in total. The Labute approximate surface area is 173 Å². The number of halogens is 1. The third-order valence-corrected chi connectivity index (χ3v) is 4.52. The lowest BCUT2D eigenvalue weighted by Crippen LogP contribution is -2.03. The van der Waals surface area contributed by atoms with Crippen LogP contribution in [0.5, 0.6) is 0 Å². The minimum absolute atomic E-state index is 0. The molecule has 2 aromatic heterocycles. The Morgan fingerprint density at radius 3 is 2.15 bits per heavy atom. The summed E-state index contributed by atoms with van der Waals surface area (Å²) in [4.78, 5) is 14.2. The number of fused-ring (bicyclic) bond motifs is 2. The highest BCUT2D eigenvalue weighted by molar-refractivity contribution is 14.0. The van der Waals surface area contributed by atoms with Crippen molar-refractivity contribution in [3.63, 3.8) is 0 Å². The van der Waals surface area contributed by atoms with Crippen LogP contribution in [0.25, 0.3) is 33.6 Å². The average molecular weight is 464 g/mol. The fourth-order valence-electron chi connectivity index (χ4n) is 3.26. The maximum Gasteiger partial charge on any atom is 0.161 e. The minimum atomic E-state index is 0. The first-order valence-corrected chi connectivity index (χ1v) is 8.60. The van der Waals surface area contributed by atoms with Crippen LogP contribution in [0.15, 0.2) is 85.1 Å². The Kier molecular flexibility index (Phi) is 4.85. The summed E-state index contributed by atoms with van der Waals surface area (Å²) in [5, 5.41) is 0. The predicted molar refractivity (Wildman–Crippen MR) is 119 cm³/mol. The first kappa shape index (κ1) is 17.6. The van der Waals surface area contributed by atoms with E-state index in [1.165, 1.54) is 5.56 Å². The SMILES string of the molecule is I.c1ccc(Cn2c(-c3cnc4ccccc4n3)nc3ccccc32)cc1. The molecule has 3 aromatic carbocycles. The molecule has 5 heteroatoms. The van der Waals surface area contributed by atoms with Gasteiger partial charge < -0.3 is 4.57 Å². The molecule has 27 heavy (non-hydrogen) atoms.